The van der Waals surface area contributed by atoms with Crippen molar-refractivity contribution in [3.05, 3.63) is 0 Å². The molecular formula is C9H15N2O7P. The lowest BCUT2D eigenvalue weighted by Crippen LogP contribution is -2.45. The number of carboxylic acids is 1. The second kappa shape index (κ2) is 6.14. The molecule has 1 aliphatic heterocycles. The van der Waals surface area contributed by atoms with E-state index >= 15 is 0 Å². The third-order valence-electron chi connectivity index (χ3n) is 2.64. The van der Waals surface area contributed by atoms with Gasteiger partial charge < -0.3 is 25.1 Å². The largest absolute Gasteiger partial charge is 0.480 e. The highest BCUT2D eigenvalue weighted by Gasteiger charge is 2.33. The summed E-state index contributed by atoms with van der Waals surface area (Å²) in [6.07, 6.45) is -0.0702. The van der Waals surface area contributed by atoms with Crippen molar-refractivity contribution in [2.24, 2.45) is 0 Å². The van der Waals surface area contributed by atoms with Gasteiger partial charge in [-0.3, -0.25) is 14.2 Å². The summed E-state index contributed by atoms with van der Waals surface area (Å²) in [5.74, 6) is -2.64. The zero-order valence-corrected chi connectivity index (χ0v) is 10.9. The highest BCUT2D eigenvalue weighted by molar-refractivity contribution is 7.52. The number of aliphatic carboxylic acids is 1. The number of carbonyl (C=O) groups excluding carboxylic acids is 2. The first kappa shape index (κ1) is 15.6. The second-order valence-electron chi connectivity index (χ2n) is 4.18. The van der Waals surface area contributed by atoms with Crippen LogP contribution in [0.2, 0.25) is 0 Å². The van der Waals surface area contributed by atoms with Crippen LogP contribution in [-0.2, 0) is 18.9 Å². The molecule has 0 aromatic carbocycles. The van der Waals surface area contributed by atoms with E-state index in [1.807, 2.05) is 0 Å². The molecule has 1 aliphatic rings. The van der Waals surface area contributed by atoms with E-state index in [1.165, 1.54) is 0 Å². The molecule has 1 rings (SSSR count). The van der Waals surface area contributed by atoms with Gasteiger partial charge in [-0.05, 0) is 12.8 Å². The van der Waals surface area contributed by atoms with Gasteiger partial charge in [0, 0.05) is 6.54 Å². The van der Waals surface area contributed by atoms with Crippen LogP contribution >= 0.6 is 7.60 Å². The molecule has 0 saturated carbocycles. The molecule has 9 nitrogen and oxygen atoms in total. The molecule has 108 valence electrons. The first-order valence-electron chi connectivity index (χ1n) is 5.54. The van der Waals surface area contributed by atoms with Gasteiger partial charge in [-0.25, -0.2) is 4.79 Å². The summed E-state index contributed by atoms with van der Waals surface area (Å²) in [6.45, 7) is -0.174. The first-order valence-corrected chi connectivity index (χ1v) is 7.34. The van der Waals surface area contributed by atoms with Crippen LogP contribution in [0.4, 0.5) is 0 Å². The normalized spacial score (nSPS) is 19.3. The Morgan fingerprint density at radius 1 is 1.32 bits per heavy atom. The van der Waals surface area contributed by atoms with Crippen LogP contribution in [0.15, 0.2) is 0 Å². The number of likely N-dealkylation sites (tertiary alicyclic amines) is 1. The zero-order chi connectivity index (χ0) is 14.6. The summed E-state index contributed by atoms with van der Waals surface area (Å²) < 4.78 is 10.5. The summed E-state index contributed by atoms with van der Waals surface area (Å²) in [7, 11) is -4.47. The summed E-state index contributed by atoms with van der Waals surface area (Å²) in [4.78, 5) is 51.9. The fraction of sp³-hybridized carbons (Fsp3) is 0.667. The summed E-state index contributed by atoms with van der Waals surface area (Å²) in [5, 5.41) is 10.9. The molecule has 1 heterocycles. The molecule has 0 aromatic rings. The molecule has 19 heavy (non-hydrogen) atoms. The van der Waals surface area contributed by atoms with E-state index < -0.39 is 44.1 Å². The number of rotatable bonds is 5. The predicted molar refractivity (Wildman–Crippen MR) is 62.3 cm³/mol. The number of hydrogen-bond donors (Lipinski definition) is 4. The van der Waals surface area contributed by atoms with Gasteiger partial charge in [0.2, 0.25) is 11.8 Å². The van der Waals surface area contributed by atoms with E-state index in [0.717, 1.165) is 4.90 Å². The molecular weight excluding hydrogens is 279 g/mol. The van der Waals surface area contributed by atoms with Crippen LogP contribution in [0.1, 0.15) is 12.8 Å². The Kier molecular flexibility index (Phi) is 5.04. The van der Waals surface area contributed by atoms with Crippen LogP contribution in [0.3, 0.4) is 0 Å². The molecule has 0 bridgehead atoms. The average molecular weight is 294 g/mol. The van der Waals surface area contributed by atoms with Gasteiger partial charge in [-0.2, -0.15) is 0 Å². The Labute approximate surface area is 108 Å². The van der Waals surface area contributed by atoms with Crippen molar-refractivity contribution in [3.8, 4) is 0 Å². The highest BCUT2D eigenvalue weighted by atomic mass is 31.2. The Hall–Kier alpha value is -1.44. The highest BCUT2D eigenvalue weighted by Crippen LogP contribution is 2.33. The third kappa shape index (κ3) is 4.98. The summed E-state index contributed by atoms with van der Waals surface area (Å²) >= 11 is 0. The molecule has 0 radical (unpaired) electrons. The Balaban J connectivity index is 2.45. The molecule has 1 atom stereocenters. The van der Waals surface area contributed by atoms with Crippen LogP contribution in [-0.4, -0.2) is 62.9 Å². The molecule has 0 aromatic heterocycles. The monoisotopic (exact) mass is 294 g/mol. The topological polar surface area (TPSA) is 144 Å². The van der Waals surface area contributed by atoms with Gasteiger partial charge in [-0.1, -0.05) is 0 Å². The Morgan fingerprint density at radius 2 is 1.95 bits per heavy atom. The fourth-order valence-electron chi connectivity index (χ4n) is 1.84. The van der Waals surface area contributed by atoms with Gasteiger partial charge in [-0.15, -0.1) is 0 Å². The number of carbonyl (C=O) groups is 3. The number of nitrogens with one attached hydrogen (secondary N) is 1. The molecule has 1 saturated heterocycles. The maximum Gasteiger partial charge on any atom is 0.334 e. The van der Waals surface area contributed by atoms with Crippen LogP contribution in [0, 0.1) is 0 Å². The number of hydrogen-bond acceptors (Lipinski definition) is 4. The number of carboxylic acid groups (broad SMARTS) is 1. The maximum atomic E-state index is 11.7. The molecule has 2 amide bonds. The van der Waals surface area contributed by atoms with Crippen LogP contribution in [0.25, 0.3) is 0 Å². The quantitative estimate of drug-likeness (QED) is 0.445. The van der Waals surface area contributed by atoms with Gasteiger partial charge >= 0.3 is 13.6 Å². The Bertz CT molecular complexity index is 432. The minimum Gasteiger partial charge on any atom is -0.480 e. The van der Waals surface area contributed by atoms with Gasteiger partial charge in [0.25, 0.3) is 0 Å². The van der Waals surface area contributed by atoms with E-state index in [0.29, 0.717) is 19.4 Å². The molecule has 1 fully saturated rings. The van der Waals surface area contributed by atoms with Crippen molar-refractivity contribution in [2.45, 2.75) is 18.9 Å². The van der Waals surface area contributed by atoms with Crippen molar-refractivity contribution < 1.29 is 33.8 Å². The standard InChI is InChI=1S/C9H15N2O7P/c12-7(5-19(16,17)18)10-4-8(13)11-3-1-2-6(11)9(14)15/h6H,1-5H2,(H,10,12)(H,14,15)(H2,16,17,18)/t6-/m0/s1. The fourth-order valence-corrected chi connectivity index (χ4v) is 2.33. The van der Waals surface area contributed by atoms with Crippen molar-refractivity contribution in [1.82, 2.24) is 10.2 Å². The summed E-state index contributed by atoms with van der Waals surface area (Å²) in [6, 6.07) is -0.897. The molecule has 0 unspecified atom stereocenters. The minimum atomic E-state index is -4.47. The summed E-state index contributed by atoms with van der Waals surface area (Å²) in [5.41, 5.74) is 0. The lowest BCUT2D eigenvalue weighted by molar-refractivity contribution is -0.148. The van der Waals surface area contributed by atoms with E-state index in [9.17, 15) is 18.9 Å². The van der Waals surface area contributed by atoms with Gasteiger partial charge in [0.05, 0.1) is 6.54 Å². The zero-order valence-electron chi connectivity index (χ0n) is 9.98. The Morgan fingerprint density at radius 3 is 2.47 bits per heavy atom. The van der Waals surface area contributed by atoms with Crippen LogP contribution in [0.5, 0.6) is 0 Å². The van der Waals surface area contributed by atoms with E-state index in [2.05, 4.69) is 5.32 Å². The minimum absolute atomic E-state index is 0.296. The molecule has 0 spiro atoms. The van der Waals surface area contributed by atoms with Crippen LogP contribution < -0.4 is 5.32 Å². The lowest BCUT2D eigenvalue weighted by atomic mass is 10.2. The van der Waals surface area contributed by atoms with E-state index in [4.69, 9.17) is 14.9 Å². The lowest BCUT2D eigenvalue weighted by Gasteiger charge is -2.21. The smallest absolute Gasteiger partial charge is 0.334 e. The average Bonchev–Trinajstić information content (AvgIpc) is 2.72. The van der Waals surface area contributed by atoms with E-state index in [-0.39, 0.29) is 0 Å². The number of nitrogens with zero attached hydrogens (tertiary/aromatic N) is 1. The predicted octanol–water partition coefficient (Wildman–Crippen LogP) is -1.64. The van der Waals surface area contributed by atoms with Gasteiger partial charge in [0.1, 0.15) is 12.2 Å². The van der Waals surface area contributed by atoms with Crippen molar-refractivity contribution in [3.63, 3.8) is 0 Å². The van der Waals surface area contributed by atoms with E-state index in [1.54, 1.807) is 0 Å². The van der Waals surface area contributed by atoms with Gasteiger partial charge in [0.15, 0.2) is 0 Å². The second-order valence-corrected chi connectivity index (χ2v) is 5.83. The molecule has 0 aliphatic carbocycles. The van der Waals surface area contributed by atoms with Crippen molar-refractivity contribution >= 4 is 25.4 Å². The maximum absolute atomic E-state index is 11.7. The SMILES string of the molecule is O=C(CP(=O)(O)O)NCC(=O)N1CCC[C@H]1C(=O)O. The van der Waals surface area contributed by atoms with Crippen molar-refractivity contribution in [1.29, 1.82) is 0 Å². The van der Waals surface area contributed by atoms with Crippen molar-refractivity contribution in [2.75, 3.05) is 19.3 Å². The third-order valence-corrected chi connectivity index (χ3v) is 3.34. The first-order chi connectivity index (χ1) is 8.70. The molecule has 10 heteroatoms. The molecule has 4 N–H and O–H groups in total. The number of amides is 2.